The molecule has 0 saturated carbocycles. The molecule has 12 aromatic carbocycles. The van der Waals surface area contributed by atoms with Gasteiger partial charge in [0.2, 0.25) is 0 Å². The van der Waals surface area contributed by atoms with E-state index in [1.807, 2.05) is 22.7 Å². The van der Waals surface area contributed by atoms with Crippen molar-refractivity contribution in [2.45, 2.75) is 5.92 Å². The van der Waals surface area contributed by atoms with Crippen molar-refractivity contribution < 1.29 is 0 Å². The van der Waals surface area contributed by atoms with Crippen LogP contribution in [0.15, 0.2) is 285 Å². The average molecular weight is 1030 g/mol. The van der Waals surface area contributed by atoms with Gasteiger partial charge in [0.1, 0.15) is 0 Å². The third-order valence-electron chi connectivity index (χ3n) is 16.3. The molecule has 1 aliphatic heterocycles. The summed E-state index contributed by atoms with van der Waals surface area (Å²) in [5.74, 6) is 0.0653. The van der Waals surface area contributed by atoms with Crippen LogP contribution < -0.4 is 4.90 Å². The number of rotatable bonds is 7. The van der Waals surface area contributed by atoms with Gasteiger partial charge in [-0.3, -0.25) is 0 Å². The Bertz CT molecular complexity index is 4790. The number of hydrogen-bond donors (Lipinski definition) is 0. The quantitative estimate of drug-likeness (QED) is 0.144. The molecule has 0 N–H and O–H groups in total. The molecule has 1 nitrogen and oxygen atoms in total. The number of benzene rings is 12. The molecule has 2 aromatic heterocycles. The Balaban J connectivity index is 0.903. The van der Waals surface area contributed by atoms with Gasteiger partial charge in [0, 0.05) is 57.6 Å². The summed E-state index contributed by atoms with van der Waals surface area (Å²) in [6.07, 6.45) is 9.75. The number of nitrogens with zero attached hydrogens (tertiary/aromatic N) is 1. The maximum Gasteiger partial charge on any atom is 0.0508 e. The lowest BCUT2D eigenvalue weighted by molar-refractivity contribution is 0.999. The van der Waals surface area contributed by atoms with Gasteiger partial charge >= 0.3 is 0 Å². The van der Waals surface area contributed by atoms with Crippen molar-refractivity contribution in [2.24, 2.45) is 0 Å². The minimum atomic E-state index is 0.0653. The smallest absolute Gasteiger partial charge is 0.0508 e. The number of hydrogen-bond acceptors (Lipinski definition) is 3. The second-order valence-corrected chi connectivity index (χ2v) is 22.6. The zero-order chi connectivity index (χ0) is 51.3. The maximum absolute atomic E-state index is 2.55. The van der Waals surface area contributed by atoms with Gasteiger partial charge in [0.25, 0.3) is 0 Å². The monoisotopic (exact) mass is 1030 g/mol. The van der Waals surface area contributed by atoms with Gasteiger partial charge in [-0.2, -0.15) is 0 Å². The lowest BCUT2D eigenvalue weighted by atomic mass is 9.85. The van der Waals surface area contributed by atoms with Crippen LogP contribution in [0.5, 0.6) is 0 Å². The molecule has 1 atom stereocenters. The van der Waals surface area contributed by atoms with Gasteiger partial charge in [-0.05, 0) is 124 Å². The topological polar surface area (TPSA) is 3.24 Å². The fourth-order valence-corrected chi connectivity index (χ4v) is 15.5. The highest BCUT2D eigenvalue weighted by Gasteiger charge is 2.30. The van der Waals surface area contributed by atoms with E-state index in [4.69, 9.17) is 0 Å². The van der Waals surface area contributed by atoms with Crippen LogP contribution in [0.25, 0.3) is 123 Å². The number of anilines is 2. The summed E-state index contributed by atoms with van der Waals surface area (Å²) < 4.78 is 5.26. The fourth-order valence-electron chi connectivity index (χ4n) is 12.8. The van der Waals surface area contributed by atoms with E-state index < -0.39 is 0 Å². The summed E-state index contributed by atoms with van der Waals surface area (Å²) in [6.45, 7) is 0. The maximum atomic E-state index is 2.55. The van der Waals surface area contributed by atoms with Crippen molar-refractivity contribution in [3.63, 3.8) is 0 Å². The van der Waals surface area contributed by atoms with E-state index in [9.17, 15) is 0 Å². The molecule has 0 spiro atoms. The second kappa shape index (κ2) is 18.1. The minimum absolute atomic E-state index is 0.0653. The molecular formula is C75H47NS2. The summed E-state index contributed by atoms with van der Waals surface area (Å²) in [4.78, 5) is 2.55. The Morgan fingerprint density at radius 1 is 0.321 bits per heavy atom. The van der Waals surface area contributed by atoms with Crippen molar-refractivity contribution in [1.82, 2.24) is 0 Å². The van der Waals surface area contributed by atoms with E-state index in [1.54, 1.807) is 0 Å². The van der Waals surface area contributed by atoms with Crippen LogP contribution in [-0.2, 0) is 0 Å². The number of fused-ring (bicyclic) bond motifs is 11. The van der Waals surface area contributed by atoms with E-state index in [0.717, 1.165) is 11.4 Å². The molecule has 0 radical (unpaired) electrons. The fraction of sp³-hybridized carbons (Fsp3) is 0.0133. The lowest BCUT2D eigenvalue weighted by Crippen LogP contribution is -2.21. The standard InChI is InChI=1S/C75H47NS2/c1-4-19-47(20-5-1)57-31-15-35-65-67-37-17-33-59(74(67)77-72(57)65)51-40-39-50-43-55(44-51)76(54-26-14-25-53(45-54)71-63-29-12-10-27-61(63)70(49-23-8-3-9-24-49)62-28-11-13-30-64(62)71)69-46-52(41-42-56(50)69)60-34-18-38-68-66-36-16-32-58(73(66)78-75(60)68)48-21-6-2-7-22-48/h1-46,50H. The Labute approximate surface area is 460 Å². The zero-order valence-electron chi connectivity index (χ0n) is 42.4. The van der Waals surface area contributed by atoms with Gasteiger partial charge < -0.3 is 4.90 Å². The van der Waals surface area contributed by atoms with Gasteiger partial charge in [0.05, 0.1) is 5.69 Å². The molecule has 0 fully saturated rings. The van der Waals surface area contributed by atoms with Crippen LogP contribution >= 0.6 is 22.7 Å². The normalized spacial score (nSPS) is 14.1. The SMILES string of the molecule is C1=CC2C=C(C=C1c1cccc3c1sc1c(-c4ccccc4)cccc13)N(c1cccc(-c3c4ccccc4c(-c4ccccc4)c4ccccc34)c1)c1cc(-c3cccc4c3sc3c(-c5ccccc5)cccc34)ccc12. The average Bonchev–Trinajstić information content (AvgIpc) is 4.18. The van der Waals surface area contributed by atoms with E-state index in [1.165, 1.54) is 140 Å². The van der Waals surface area contributed by atoms with E-state index >= 15 is 0 Å². The zero-order valence-corrected chi connectivity index (χ0v) is 44.0. The summed E-state index contributed by atoms with van der Waals surface area (Å²) in [5.41, 5.74) is 19.6. The molecule has 1 unspecified atom stereocenters. The Hall–Kier alpha value is -9.38. The first-order chi connectivity index (χ1) is 38.7. The molecular weight excluding hydrogens is 979 g/mol. The highest BCUT2D eigenvalue weighted by atomic mass is 32.1. The summed E-state index contributed by atoms with van der Waals surface area (Å²) in [7, 11) is 0. The van der Waals surface area contributed by atoms with Gasteiger partial charge in [-0.15, -0.1) is 22.7 Å². The van der Waals surface area contributed by atoms with Gasteiger partial charge in [-0.1, -0.05) is 249 Å². The van der Waals surface area contributed by atoms with Crippen molar-refractivity contribution in [1.29, 1.82) is 0 Å². The number of allylic oxidation sites excluding steroid dienone is 5. The Kier molecular flexibility index (Phi) is 10.4. The first-order valence-corrected chi connectivity index (χ1v) is 28.5. The molecule has 364 valence electrons. The van der Waals surface area contributed by atoms with E-state index in [0.29, 0.717) is 0 Å². The first-order valence-electron chi connectivity index (χ1n) is 26.9. The molecule has 0 saturated heterocycles. The molecule has 0 amide bonds. The van der Waals surface area contributed by atoms with Crippen LogP contribution in [0.4, 0.5) is 11.4 Å². The molecule has 3 heterocycles. The van der Waals surface area contributed by atoms with Crippen LogP contribution in [0, 0.1) is 0 Å². The first kappa shape index (κ1) is 44.9. The van der Waals surface area contributed by atoms with Crippen molar-refractivity contribution in [2.75, 3.05) is 4.90 Å². The summed E-state index contributed by atoms with van der Waals surface area (Å²) in [6, 6.07) is 94.4. The molecule has 16 rings (SSSR count). The van der Waals surface area contributed by atoms with Crippen LogP contribution in [0.3, 0.4) is 0 Å². The third kappa shape index (κ3) is 7.13. The largest absolute Gasteiger partial charge is 0.310 e. The predicted octanol–water partition coefficient (Wildman–Crippen LogP) is 21.8. The molecule has 78 heavy (non-hydrogen) atoms. The summed E-state index contributed by atoms with van der Waals surface area (Å²) in [5, 5.41) is 10.2. The molecule has 14 aromatic rings. The van der Waals surface area contributed by atoms with Crippen LogP contribution in [-0.4, -0.2) is 0 Å². The van der Waals surface area contributed by atoms with Crippen LogP contribution in [0.1, 0.15) is 17.0 Å². The molecule has 1 aliphatic carbocycles. The van der Waals surface area contributed by atoms with Crippen LogP contribution in [0.2, 0.25) is 0 Å². The van der Waals surface area contributed by atoms with E-state index in [-0.39, 0.29) is 5.92 Å². The molecule has 2 bridgehead atoms. The summed E-state index contributed by atoms with van der Waals surface area (Å²) >= 11 is 3.83. The highest BCUT2D eigenvalue weighted by molar-refractivity contribution is 7.27. The van der Waals surface area contributed by atoms with Gasteiger partial charge in [-0.25, -0.2) is 0 Å². The second-order valence-electron chi connectivity index (χ2n) is 20.6. The van der Waals surface area contributed by atoms with E-state index in [2.05, 4.69) is 284 Å². The lowest BCUT2D eigenvalue weighted by Gasteiger charge is -2.34. The third-order valence-corrected chi connectivity index (χ3v) is 18.8. The van der Waals surface area contributed by atoms with Crippen molar-refractivity contribution >= 4 is 102 Å². The highest BCUT2D eigenvalue weighted by Crippen LogP contribution is 2.52. The number of thiophene rings is 2. The Morgan fingerprint density at radius 3 is 1.28 bits per heavy atom. The van der Waals surface area contributed by atoms with Gasteiger partial charge in [0.15, 0.2) is 0 Å². The molecule has 2 aliphatic rings. The van der Waals surface area contributed by atoms with Crippen molar-refractivity contribution in [3.8, 4) is 55.6 Å². The molecule has 3 heteroatoms. The van der Waals surface area contributed by atoms with Crippen molar-refractivity contribution in [3.05, 3.63) is 296 Å². The predicted molar refractivity (Wildman–Crippen MR) is 337 cm³/mol. The Morgan fingerprint density at radius 2 is 0.744 bits per heavy atom. The minimum Gasteiger partial charge on any atom is -0.310 e.